The quantitative estimate of drug-likeness (QED) is 0.500. The van der Waals surface area contributed by atoms with Gasteiger partial charge in [-0.3, -0.25) is 4.79 Å². The van der Waals surface area contributed by atoms with E-state index >= 15 is 0 Å². The molecule has 2 rings (SSSR count). The molecule has 0 saturated heterocycles. The summed E-state index contributed by atoms with van der Waals surface area (Å²) >= 11 is 0. The summed E-state index contributed by atoms with van der Waals surface area (Å²) in [6, 6.07) is 0. The van der Waals surface area contributed by atoms with E-state index in [0.29, 0.717) is 6.61 Å². The van der Waals surface area contributed by atoms with Gasteiger partial charge in [0.1, 0.15) is 0 Å². The first-order valence-corrected chi connectivity index (χ1v) is 8.56. The molecule has 23 heavy (non-hydrogen) atoms. The van der Waals surface area contributed by atoms with Crippen molar-refractivity contribution < 1.29 is 9.53 Å². The molecule has 0 radical (unpaired) electrons. The maximum atomic E-state index is 11.6. The molecule has 0 heterocycles. The van der Waals surface area contributed by atoms with Crippen LogP contribution >= 0.6 is 0 Å². The van der Waals surface area contributed by atoms with Crippen LogP contribution in [0.25, 0.3) is 0 Å². The summed E-state index contributed by atoms with van der Waals surface area (Å²) in [5, 5.41) is 0. The van der Waals surface area contributed by atoms with E-state index in [1.165, 1.54) is 0 Å². The van der Waals surface area contributed by atoms with Crippen molar-refractivity contribution >= 4 is 5.97 Å². The van der Waals surface area contributed by atoms with Gasteiger partial charge in [0.05, 0.1) is 12.5 Å². The van der Waals surface area contributed by atoms with Crippen LogP contribution in [-0.2, 0) is 9.53 Å². The molecular formula is C21H28O2. The van der Waals surface area contributed by atoms with Crippen LogP contribution in [0.1, 0.15) is 40.0 Å². The number of ether oxygens (including phenoxy) is 1. The Balaban J connectivity index is 1.85. The van der Waals surface area contributed by atoms with Crippen LogP contribution in [-0.4, -0.2) is 12.6 Å². The highest BCUT2D eigenvalue weighted by Gasteiger charge is 2.27. The zero-order valence-electron chi connectivity index (χ0n) is 14.5. The molecule has 0 aliphatic heterocycles. The first-order valence-electron chi connectivity index (χ1n) is 8.56. The van der Waals surface area contributed by atoms with Crippen LogP contribution in [0.2, 0.25) is 0 Å². The molecule has 0 saturated carbocycles. The summed E-state index contributed by atoms with van der Waals surface area (Å²) in [6.07, 6.45) is 25.1. The fraction of sp³-hybridized carbons (Fsp3) is 0.476. The predicted octanol–water partition coefficient (Wildman–Crippen LogP) is 5.16. The zero-order valence-corrected chi connectivity index (χ0v) is 14.5. The molecular weight excluding hydrogens is 284 g/mol. The van der Waals surface area contributed by atoms with Crippen LogP contribution in [0.5, 0.6) is 0 Å². The molecule has 0 aromatic rings. The smallest absolute Gasteiger partial charge is 0.308 e. The van der Waals surface area contributed by atoms with Gasteiger partial charge in [-0.15, -0.1) is 0 Å². The Hall–Kier alpha value is -1.83. The Morgan fingerprint density at radius 2 is 1.78 bits per heavy atom. The molecule has 124 valence electrons. The molecule has 2 heteroatoms. The third-order valence-corrected chi connectivity index (χ3v) is 4.49. The highest BCUT2D eigenvalue weighted by Crippen LogP contribution is 2.39. The maximum absolute atomic E-state index is 11.6. The summed E-state index contributed by atoms with van der Waals surface area (Å²) in [5.41, 5.74) is 0.0357. The molecule has 0 bridgehead atoms. The van der Waals surface area contributed by atoms with E-state index in [0.717, 1.165) is 19.3 Å². The highest BCUT2D eigenvalue weighted by molar-refractivity contribution is 5.72. The molecule has 0 fully saturated rings. The van der Waals surface area contributed by atoms with Crippen molar-refractivity contribution in [2.75, 3.05) is 6.61 Å². The molecule has 0 amide bonds. The van der Waals surface area contributed by atoms with Crippen LogP contribution in [0.3, 0.4) is 0 Å². The van der Waals surface area contributed by atoms with Crippen molar-refractivity contribution in [1.29, 1.82) is 0 Å². The van der Waals surface area contributed by atoms with Gasteiger partial charge in [-0.05, 0) is 26.2 Å². The normalized spacial score (nSPS) is 21.9. The van der Waals surface area contributed by atoms with E-state index in [9.17, 15) is 4.79 Å². The zero-order chi connectivity index (χ0) is 16.8. The molecule has 0 aromatic heterocycles. The van der Waals surface area contributed by atoms with E-state index < -0.39 is 0 Å². The number of esters is 1. The molecule has 2 aliphatic rings. The lowest BCUT2D eigenvalue weighted by molar-refractivity contribution is -0.147. The largest absolute Gasteiger partial charge is 0.466 e. The topological polar surface area (TPSA) is 26.3 Å². The summed E-state index contributed by atoms with van der Waals surface area (Å²) < 4.78 is 5.03. The Kier molecular flexibility index (Phi) is 5.81. The summed E-state index contributed by atoms with van der Waals surface area (Å²) in [4.78, 5) is 11.6. The molecule has 1 atom stereocenters. The van der Waals surface area contributed by atoms with Gasteiger partial charge in [0.2, 0.25) is 0 Å². The second-order valence-corrected chi connectivity index (χ2v) is 6.78. The van der Waals surface area contributed by atoms with E-state index in [-0.39, 0.29) is 22.7 Å². The molecule has 2 aliphatic carbocycles. The minimum atomic E-state index is -0.112. The number of carbonyl (C=O) groups is 1. The van der Waals surface area contributed by atoms with Crippen LogP contribution in [0.15, 0.2) is 60.8 Å². The van der Waals surface area contributed by atoms with Crippen molar-refractivity contribution in [1.82, 2.24) is 0 Å². The number of hydrogen-bond acceptors (Lipinski definition) is 2. The van der Waals surface area contributed by atoms with Gasteiger partial charge in [0, 0.05) is 10.8 Å². The van der Waals surface area contributed by atoms with Crippen LogP contribution in [0.4, 0.5) is 0 Å². The third kappa shape index (κ3) is 4.82. The number of allylic oxidation sites excluding steroid dienone is 10. The first-order chi connectivity index (χ1) is 11.0. The van der Waals surface area contributed by atoms with Crippen molar-refractivity contribution in [2.45, 2.75) is 40.0 Å². The Morgan fingerprint density at radius 1 is 1.13 bits per heavy atom. The lowest BCUT2D eigenvalue weighted by Gasteiger charge is -2.31. The van der Waals surface area contributed by atoms with Crippen molar-refractivity contribution in [3.8, 4) is 0 Å². The maximum Gasteiger partial charge on any atom is 0.308 e. The SMILES string of the molecule is CCOC(=O)C(C)C/C=C/CC1(C)C=CC2(C=CCC=C2)C=C1. The van der Waals surface area contributed by atoms with Gasteiger partial charge in [0.15, 0.2) is 0 Å². The summed E-state index contributed by atoms with van der Waals surface area (Å²) in [7, 11) is 0. The number of carbonyl (C=O) groups excluding carboxylic acids is 1. The molecule has 0 aromatic carbocycles. The second-order valence-electron chi connectivity index (χ2n) is 6.78. The second kappa shape index (κ2) is 7.63. The average molecular weight is 312 g/mol. The lowest BCUT2D eigenvalue weighted by atomic mass is 9.73. The fourth-order valence-electron chi connectivity index (χ4n) is 2.84. The Bertz CT molecular complexity index is 532. The fourth-order valence-corrected chi connectivity index (χ4v) is 2.84. The van der Waals surface area contributed by atoms with Gasteiger partial charge in [-0.1, -0.05) is 74.6 Å². The lowest BCUT2D eigenvalue weighted by Crippen LogP contribution is -2.20. The monoisotopic (exact) mass is 312 g/mol. The van der Waals surface area contributed by atoms with Crippen LogP contribution in [0, 0.1) is 16.7 Å². The summed E-state index contributed by atoms with van der Waals surface area (Å²) in [5.74, 6) is -0.184. The molecule has 1 unspecified atom stereocenters. The first kappa shape index (κ1) is 17.5. The summed E-state index contributed by atoms with van der Waals surface area (Å²) in [6.45, 7) is 6.44. The third-order valence-electron chi connectivity index (χ3n) is 4.49. The Morgan fingerprint density at radius 3 is 2.39 bits per heavy atom. The van der Waals surface area contributed by atoms with Crippen molar-refractivity contribution in [3.05, 3.63) is 60.8 Å². The number of hydrogen-bond donors (Lipinski definition) is 0. The minimum Gasteiger partial charge on any atom is -0.466 e. The van der Waals surface area contributed by atoms with Gasteiger partial charge in [0.25, 0.3) is 0 Å². The minimum absolute atomic E-state index is 0.0140. The number of rotatable bonds is 6. The van der Waals surface area contributed by atoms with E-state index in [4.69, 9.17) is 4.74 Å². The van der Waals surface area contributed by atoms with Gasteiger partial charge in [-0.2, -0.15) is 0 Å². The van der Waals surface area contributed by atoms with Gasteiger partial charge in [-0.25, -0.2) is 0 Å². The van der Waals surface area contributed by atoms with Gasteiger partial charge >= 0.3 is 5.97 Å². The molecule has 0 N–H and O–H groups in total. The molecule has 1 spiro atoms. The Labute approximate surface area is 140 Å². The average Bonchev–Trinajstić information content (AvgIpc) is 2.56. The molecule has 2 nitrogen and oxygen atoms in total. The van der Waals surface area contributed by atoms with Crippen molar-refractivity contribution in [2.24, 2.45) is 16.7 Å². The van der Waals surface area contributed by atoms with E-state index in [1.807, 2.05) is 13.8 Å². The standard InChI is InChI=1S/C21H28O2/c1-4-23-19(22)18(2)10-6-9-11-20(3)14-16-21(17-15-20)12-7-5-8-13-21/h6-9,12-18H,4-5,10-11H2,1-3H3/b9-6+. The predicted molar refractivity (Wildman–Crippen MR) is 95.9 cm³/mol. The van der Waals surface area contributed by atoms with E-state index in [2.05, 4.69) is 67.7 Å². The highest BCUT2D eigenvalue weighted by atomic mass is 16.5. The van der Waals surface area contributed by atoms with E-state index in [1.54, 1.807) is 0 Å². The van der Waals surface area contributed by atoms with Crippen LogP contribution < -0.4 is 0 Å². The van der Waals surface area contributed by atoms with Gasteiger partial charge < -0.3 is 4.74 Å². The van der Waals surface area contributed by atoms with Crippen molar-refractivity contribution in [3.63, 3.8) is 0 Å².